The monoisotopic (exact) mass is 467 g/mol. The number of hydrogen-bond donors (Lipinski definition) is 1. The van der Waals surface area contributed by atoms with Crippen LogP contribution in [-0.4, -0.2) is 18.1 Å². The highest BCUT2D eigenvalue weighted by molar-refractivity contribution is 7.85. The number of benzene rings is 3. The fourth-order valence-corrected chi connectivity index (χ4v) is 5.00. The van der Waals surface area contributed by atoms with Crippen molar-refractivity contribution in [3.8, 4) is 28.1 Å². The first kappa shape index (κ1) is 23.7. The van der Waals surface area contributed by atoms with Crippen molar-refractivity contribution >= 4 is 21.5 Å². The Morgan fingerprint density at radius 1 is 0.906 bits per heavy atom. The van der Waals surface area contributed by atoms with Gasteiger partial charge in [-0.1, -0.05) is 59.9 Å². The van der Waals surface area contributed by atoms with Gasteiger partial charge in [-0.2, -0.15) is 4.57 Å². The molecule has 32 heavy (non-hydrogen) atoms. The molecular formula is C25H25NO4S2. The van der Waals surface area contributed by atoms with Crippen molar-refractivity contribution in [2.75, 3.05) is 0 Å². The summed E-state index contributed by atoms with van der Waals surface area (Å²) in [4.78, 5) is -0.373. The highest BCUT2D eigenvalue weighted by Crippen LogP contribution is 2.25. The van der Waals surface area contributed by atoms with Gasteiger partial charge in [-0.05, 0) is 54.8 Å². The molecular weight excluding hydrogens is 442 g/mol. The fourth-order valence-electron chi connectivity index (χ4n) is 3.38. The van der Waals surface area contributed by atoms with E-state index in [2.05, 4.69) is 78.4 Å². The number of phenols is 1. The second kappa shape index (κ2) is 10.1. The molecule has 4 rings (SSSR count). The van der Waals surface area contributed by atoms with Gasteiger partial charge in [0.2, 0.25) is 10.7 Å². The molecule has 166 valence electrons. The molecule has 1 aromatic heterocycles. The van der Waals surface area contributed by atoms with E-state index in [4.69, 9.17) is 5.11 Å². The highest BCUT2D eigenvalue weighted by Gasteiger charge is 2.16. The molecule has 0 saturated carbocycles. The van der Waals surface area contributed by atoms with Gasteiger partial charge in [0.1, 0.15) is 22.4 Å². The van der Waals surface area contributed by atoms with E-state index in [1.54, 1.807) is 0 Å². The Kier molecular flexibility index (Phi) is 7.45. The first-order chi connectivity index (χ1) is 15.2. The molecule has 0 radical (unpaired) electrons. The molecule has 0 saturated heterocycles. The summed E-state index contributed by atoms with van der Waals surface area (Å²) in [5, 5.41) is 12.5. The molecule has 0 aliphatic rings. The summed E-state index contributed by atoms with van der Waals surface area (Å²) in [7, 11) is -4.47. The van der Waals surface area contributed by atoms with E-state index in [0.717, 1.165) is 12.6 Å². The average Bonchev–Trinajstić information content (AvgIpc) is 3.16. The van der Waals surface area contributed by atoms with Crippen molar-refractivity contribution in [1.29, 1.82) is 0 Å². The maximum atomic E-state index is 10.5. The molecule has 0 unspecified atom stereocenters. The summed E-state index contributed by atoms with van der Waals surface area (Å²) in [6.07, 6.45) is 0. The predicted molar refractivity (Wildman–Crippen MR) is 127 cm³/mol. The molecule has 0 bridgehead atoms. The van der Waals surface area contributed by atoms with Crippen molar-refractivity contribution in [2.45, 2.75) is 32.2 Å². The van der Waals surface area contributed by atoms with E-state index in [9.17, 15) is 13.0 Å². The minimum absolute atomic E-state index is 0.227. The Labute approximate surface area is 193 Å². The van der Waals surface area contributed by atoms with Gasteiger partial charge in [-0.25, -0.2) is 8.42 Å². The van der Waals surface area contributed by atoms with Gasteiger partial charge in [0.15, 0.2) is 0 Å². The van der Waals surface area contributed by atoms with E-state index >= 15 is 0 Å². The third-order valence-corrected chi connectivity index (χ3v) is 6.94. The predicted octanol–water partition coefficient (Wildman–Crippen LogP) is 5.30. The van der Waals surface area contributed by atoms with Crippen LogP contribution in [0.5, 0.6) is 5.75 Å². The van der Waals surface area contributed by atoms with Crippen LogP contribution in [0.15, 0.2) is 83.1 Å². The number of aryl methyl sites for hydroxylation is 2. The number of aromatic hydroxyl groups is 1. The number of rotatable bonds is 4. The zero-order valence-electron chi connectivity index (χ0n) is 18.1. The molecule has 0 aliphatic heterocycles. The highest BCUT2D eigenvalue weighted by atomic mass is 32.2. The number of nitrogens with zero attached hydrogens (tertiary/aromatic N) is 1. The fraction of sp³-hybridized carbons (Fsp3) is 0.160. The van der Waals surface area contributed by atoms with Crippen LogP contribution >= 0.6 is 11.3 Å². The van der Waals surface area contributed by atoms with Crippen LogP contribution in [0.3, 0.4) is 0 Å². The molecule has 0 atom stereocenters. The second-order valence-corrected chi connectivity index (χ2v) is 9.64. The normalized spacial score (nSPS) is 11.0. The molecule has 4 aromatic rings. The SMILES string of the molecule is CC[n+]1c(-c2ccc(-c3ccccc3)cc2)csc1C.Cc1ccc(O)cc1S(=O)(=O)[O-]. The standard InChI is InChI=1S/C18H18NS.C7H8O4S/c1-3-19-14(2)20-13-18(19)17-11-9-16(10-12-17)15-7-5-4-6-8-15;1-5-2-3-6(8)4-7(5)12(9,10)11/h4-13H,3H2,1-2H3;2-4,8H,1H3,(H,9,10,11)/q+1;/p-1. The summed E-state index contributed by atoms with van der Waals surface area (Å²) in [6.45, 7) is 6.88. The van der Waals surface area contributed by atoms with Crippen molar-refractivity contribution in [2.24, 2.45) is 0 Å². The van der Waals surface area contributed by atoms with Crippen LogP contribution < -0.4 is 4.57 Å². The van der Waals surface area contributed by atoms with Crippen LogP contribution in [0.1, 0.15) is 17.5 Å². The van der Waals surface area contributed by atoms with Crippen molar-refractivity contribution < 1.29 is 22.6 Å². The van der Waals surface area contributed by atoms with Crippen LogP contribution in [0.2, 0.25) is 0 Å². The van der Waals surface area contributed by atoms with Crippen molar-refractivity contribution in [1.82, 2.24) is 0 Å². The first-order valence-corrected chi connectivity index (χ1v) is 12.4. The number of phenolic OH excluding ortho intramolecular Hbond substituents is 1. The Morgan fingerprint density at radius 3 is 2.06 bits per heavy atom. The van der Waals surface area contributed by atoms with Gasteiger partial charge in [0, 0.05) is 12.5 Å². The molecule has 1 heterocycles. The van der Waals surface area contributed by atoms with Crippen molar-refractivity contribution in [3.05, 3.63) is 88.7 Å². The first-order valence-electron chi connectivity index (χ1n) is 10.1. The van der Waals surface area contributed by atoms with Gasteiger partial charge >= 0.3 is 0 Å². The van der Waals surface area contributed by atoms with E-state index in [-0.39, 0.29) is 10.6 Å². The summed E-state index contributed by atoms with van der Waals surface area (Å²) in [5.41, 5.74) is 5.47. The number of thiazole rings is 1. The molecule has 5 nitrogen and oxygen atoms in total. The quantitative estimate of drug-likeness (QED) is 0.326. The van der Waals surface area contributed by atoms with Gasteiger partial charge in [-0.3, -0.25) is 0 Å². The van der Waals surface area contributed by atoms with Crippen LogP contribution in [-0.2, 0) is 16.7 Å². The largest absolute Gasteiger partial charge is 0.744 e. The lowest BCUT2D eigenvalue weighted by Crippen LogP contribution is -2.35. The third-order valence-electron chi connectivity index (χ3n) is 5.06. The van der Waals surface area contributed by atoms with E-state index in [1.807, 2.05) is 11.3 Å². The molecule has 0 fully saturated rings. The minimum Gasteiger partial charge on any atom is -0.744 e. The molecule has 0 spiro atoms. The second-order valence-electron chi connectivity index (χ2n) is 7.23. The number of aromatic nitrogens is 1. The Bertz CT molecular complexity index is 1300. The van der Waals surface area contributed by atoms with Crippen molar-refractivity contribution in [3.63, 3.8) is 0 Å². The summed E-state index contributed by atoms with van der Waals surface area (Å²) < 4.78 is 34.0. The Morgan fingerprint density at radius 2 is 1.50 bits per heavy atom. The van der Waals surface area contributed by atoms with Gasteiger partial charge < -0.3 is 9.66 Å². The smallest absolute Gasteiger partial charge is 0.234 e. The Balaban J connectivity index is 0.000000207. The summed E-state index contributed by atoms with van der Waals surface area (Å²) in [5.74, 6) is -0.227. The van der Waals surface area contributed by atoms with Crippen LogP contribution in [0, 0.1) is 13.8 Å². The van der Waals surface area contributed by atoms with E-state index < -0.39 is 10.1 Å². The zero-order chi connectivity index (χ0) is 23.3. The van der Waals surface area contributed by atoms with Crippen LogP contribution in [0.4, 0.5) is 0 Å². The van der Waals surface area contributed by atoms with E-state index in [1.165, 1.54) is 46.4 Å². The maximum absolute atomic E-state index is 10.5. The van der Waals surface area contributed by atoms with Gasteiger partial charge in [0.25, 0.3) is 0 Å². The molecule has 0 amide bonds. The molecule has 1 N–H and O–H groups in total. The lowest BCUT2D eigenvalue weighted by molar-refractivity contribution is -0.683. The lowest BCUT2D eigenvalue weighted by atomic mass is 10.0. The number of hydrogen-bond acceptors (Lipinski definition) is 5. The summed E-state index contributed by atoms with van der Waals surface area (Å²) in [6, 6.07) is 23.0. The van der Waals surface area contributed by atoms with Crippen LogP contribution in [0.25, 0.3) is 22.4 Å². The zero-order valence-corrected chi connectivity index (χ0v) is 19.8. The average molecular weight is 468 g/mol. The topological polar surface area (TPSA) is 81.3 Å². The molecule has 3 aromatic carbocycles. The van der Waals surface area contributed by atoms with E-state index in [0.29, 0.717) is 5.56 Å². The molecule has 7 heteroatoms. The minimum atomic E-state index is -4.47. The molecule has 0 aliphatic carbocycles. The summed E-state index contributed by atoms with van der Waals surface area (Å²) >= 11 is 1.81. The Hall–Kier alpha value is -3.00. The van der Waals surface area contributed by atoms with Gasteiger partial charge in [0.05, 0.1) is 10.3 Å². The third kappa shape index (κ3) is 5.62. The lowest BCUT2D eigenvalue weighted by Gasteiger charge is -2.09. The maximum Gasteiger partial charge on any atom is 0.234 e. The van der Waals surface area contributed by atoms with Gasteiger partial charge in [-0.15, -0.1) is 0 Å².